The Morgan fingerprint density at radius 2 is 2.06 bits per heavy atom. The lowest BCUT2D eigenvalue weighted by Gasteiger charge is -2.31. The van der Waals surface area contributed by atoms with Crippen molar-refractivity contribution in [2.75, 3.05) is 26.2 Å². The third-order valence-electron chi connectivity index (χ3n) is 3.97. The van der Waals surface area contributed by atoms with Crippen LogP contribution < -0.4 is 5.32 Å². The van der Waals surface area contributed by atoms with E-state index in [9.17, 15) is 0 Å². The summed E-state index contributed by atoms with van der Waals surface area (Å²) in [6.45, 7) is 16.6. The van der Waals surface area contributed by atoms with Gasteiger partial charge in [-0.2, -0.15) is 0 Å². The van der Waals surface area contributed by atoms with E-state index in [1.165, 1.54) is 39.0 Å². The van der Waals surface area contributed by atoms with Crippen molar-refractivity contribution in [2.45, 2.75) is 53.5 Å². The summed E-state index contributed by atoms with van der Waals surface area (Å²) in [5.74, 6) is 0.775. The summed E-state index contributed by atoms with van der Waals surface area (Å²) in [5, 5.41) is 3.63. The highest BCUT2D eigenvalue weighted by molar-refractivity contribution is 4.83. The smallest absolute Gasteiger partial charge is 0.0207 e. The first-order valence-corrected chi connectivity index (χ1v) is 6.89. The summed E-state index contributed by atoms with van der Waals surface area (Å²) in [6.07, 6.45) is 2.58. The zero-order valence-electron chi connectivity index (χ0n) is 11.8. The first kappa shape index (κ1) is 14.0. The van der Waals surface area contributed by atoms with Crippen LogP contribution in [0.1, 0.15) is 47.5 Å². The molecule has 1 aliphatic heterocycles. The molecule has 1 N–H and O–H groups in total. The second-order valence-corrected chi connectivity index (χ2v) is 6.47. The average Bonchev–Trinajstić information content (AvgIpc) is 2.61. The minimum atomic E-state index is 0.439. The fourth-order valence-electron chi connectivity index (χ4n) is 2.17. The SMILES string of the molecule is CCCNC1CCN(CC(C)C(C)(C)C)C1. The molecule has 1 rings (SSSR count). The lowest BCUT2D eigenvalue weighted by atomic mass is 9.82. The Labute approximate surface area is 102 Å². The molecule has 0 radical (unpaired) electrons. The van der Waals surface area contributed by atoms with Gasteiger partial charge >= 0.3 is 0 Å². The largest absolute Gasteiger partial charge is 0.313 e. The summed E-state index contributed by atoms with van der Waals surface area (Å²) < 4.78 is 0. The Morgan fingerprint density at radius 1 is 1.38 bits per heavy atom. The molecule has 0 spiro atoms. The highest BCUT2D eigenvalue weighted by Gasteiger charge is 2.27. The molecule has 1 heterocycles. The van der Waals surface area contributed by atoms with Crippen LogP contribution in [-0.2, 0) is 0 Å². The van der Waals surface area contributed by atoms with E-state index in [0.717, 1.165) is 12.0 Å². The van der Waals surface area contributed by atoms with Crippen LogP contribution in [0.2, 0.25) is 0 Å². The second-order valence-electron chi connectivity index (χ2n) is 6.47. The molecule has 1 aliphatic rings. The van der Waals surface area contributed by atoms with Crippen LogP contribution in [-0.4, -0.2) is 37.1 Å². The van der Waals surface area contributed by atoms with E-state index in [4.69, 9.17) is 0 Å². The summed E-state index contributed by atoms with van der Waals surface area (Å²) in [5.41, 5.74) is 0.439. The van der Waals surface area contributed by atoms with Gasteiger partial charge in [-0.3, -0.25) is 0 Å². The summed E-state index contributed by atoms with van der Waals surface area (Å²) >= 11 is 0. The van der Waals surface area contributed by atoms with E-state index in [1.807, 2.05) is 0 Å². The van der Waals surface area contributed by atoms with Gasteiger partial charge in [-0.25, -0.2) is 0 Å². The molecule has 0 aromatic carbocycles. The molecule has 16 heavy (non-hydrogen) atoms. The van der Waals surface area contributed by atoms with Crippen LogP contribution >= 0.6 is 0 Å². The van der Waals surface area contributed by atoms with Crippen molar-refractivity contribution >= 4 is 0 Å². The number of likely N-dealkylation sites (tertiary alicyclic amines) is 1. The predicted octanol–water partition coefficient (Wildman–Crippen LogP) is 2.74. The molecule has 0 saturated carbocycles. The van der Waals surface area contributed by atoms with Crippen LogP contribution in [0.3, 0.4) is 0 Å². The Balaban J connectivity index is 2.26. The minimum Gasteiger partial charge on any atom is -0.313 e. The van der Waals surface area contributed by atoms with E-state index >= 15 is 0 Å². The molecule has 96 valence electrons. The lowest BCUT2D eigenvalue weighted by Crippen LogP contribution is -2.36. The van der Waals surface area contributed by atoms with Gasteiger partial charge in [0.15, 0.2) is 0 Å². The van der Waals surface area contributed by atoms with Crippen LogP contribution in [0, 0.1) is 11.3 Å². The van der Waals surface area contributed by atoms with Gasteiger partial charge in [0, 0.05) is 19.1 Å². The molecule has 1 fully saturated rings. The standard InChI is InChI=1S/C14H30N2/c1-6-8-15-13-7-9-16(11-13)10-12(2)14(3,4)5/h12-13,15H,6-11H2,1-5H3. The molecule has 0 amide bonds. The van der Waals surface area contributed by atoms with Crippen molar-refractivity contribution in [2.24, 2.45) is 11.3 Å². The molecule has 0 aromatic rings. The van der Waals surface area contributed by atoms with E-state index < -0.39 is 0 Å². The normalized spacial score (nSPS) is 24.9. The van der Waals surface area contributed by atoms with E-state index in [1.54, 1.807) is 0 Å². The van der Waals surface area contributed by atoms with Crippen molar-refractivity contribution in [1.29, 1.82) is 0 Å². The second kappa shape index (κ2) is 6.02. The number of nitrogens with zero attached hydrogens (tertiary/aromatic N) is 1. The molecule has 2 heteroatoms. The topological polar surface area (TPSA) is 15.3 Å². The number of rotatable bonds is 5. The van der Waals surface area contributed by atoms with Gasteiger partial charge in [-0.05, 0) is 37.3 Å². The van der Waals surface area contributed by atoms with Crippen LogP contribution in [0.4, 0.5) is 0 Å². The number of hydrogen-bond donors (Lipinski definition) is 1. The molecule has 0 aliphatic carbocycles. The third-order valence-corrected chi connectivity index (χ3v) is 3.97. The van der Waals surface area contributed by atoms with Crippen LogP contribution in [0.5, 0.6) is 0 Å². The first-order chi connectivity index (χ1) is 7.43. The van der Waals surface area contributed by atoms with Gasteiger partial charge in [0.05, 0.1) is 0 Å². The summed E-state index contributed by atoms with van der Waals surface area (Å²) in [4.78, 5) is 2.63. The molecular formula is C14H30N2. The number of hydrogen-bond acceptors (Lipinski definition) is 2. The van der Waals surface area contributed by atoms with E-state index in [-0.39, 0.29) is 0 Å². The van der Waals surface area contributed by atoms with Gasteiger partial charge in [-0.1, -0.05) is 34.6 Å². The quantitative estimate of drug-likeness (QED) is 0.775. The first-order valence-electron chi connectivity index (χ1n) is 6.89. The Bertz CT molecular complexity index is 195. The molecule has 0 bridgehead atoms. The maximum Gasteiger partial charge on any atom is 0.0207 e. The Morgan fingerprint density at radius 3 is 2.62 bits per heavy atom. The van der Waals surface area contributed by atoms with Crippen molar-refractivity contribution in [3.05, 3.63) is 0 Å². The third kappa shape index (κ3) is 4.42. The molecule has 1 saturated heterocycles. The average molecular weight is 226 g/mol. The van der Waals surface area contributed by atoms with Gasteiger partial charge in [0.25, 0.3) is 0 Å². The Kier molecular flexibility index (Phi) is 5.26. The number of nitrogens with one attached hydrogen (secondary N) is 1. The maximum atomic E-state index is 3.63. The molecule has 0 aromatic heterocycles. The lowest BCUT2D eigenvalue weighted by molar-refractivity contribution is 0.180. The fourth-order valence-corrected chi connectivity index (χ4v) is 2.17. The summed E-state index contributed by atoms with van der Waals surface area (Å²) in [7, 11) is 0. The van der Waals surface area contributed by atoms with Gasteiger partial charge < -0.3 is 10.2 Å². The van der Waals surface area contributed by atoms with Crippen LogP contribution in [0.15, 0.2) is 0 Å². The van der Waals surface area contributed by atoms with Crippen molar-refractivity contribution in [1.82, 2.24) is 10.2 Å². The monoisotopic (exact) mass is 226 g/mol. The highest BCUT2D eigenvalue weighted by atomic mass is 15.2. The minimum absolute atomic E-state index is 0.439. The van der Waals surface area contributed by atoms with Crippen molar-refractivity contribution in [3.63, 3.8) is 0 Å². The Hall–Kier alpha value is -0.0800. The fraction of sp³-hybridized carbons (Fsp3) is 1.00. The zero-order valence-corrected chi connectivity index (χ0v) is 11.8. The highest BCUT2D eigenvalue weighted by Crippen LogP contribution is 2.27. The van der Waals surface area contributed by atoms with Gasteiger partial charge in [0.2, 0.25) is 0 Å². The molecular weight excluding hydrogens is 196 g/mol. The van der Waals surface area contributed by atoms with Crippen molar-refractivity contribution in [3.8, 4) is 0 Å². The van der Waals surface area contributed by atoms with Gasteiger partial charge in [0.1, 0.15) is 0 Å². The van der Waals surface area contributed by atoms with E-state index in [2.05, 4.69) is 44.8 Å². The summed E-state index contributed by atoms with van der Waals surface area (Å²) in [6, 6.07) is 0.743. The zero-order chi connectivity index (χ0) is 12.2. The molecule has 2 atom stereocenters. The van der Waals surface area contributed by atoms with Crippen molar-refractivity contribution < 1.29 is 0 Å². The molecule has 2 unspecified atom stereocenters. The van der Waals surface area contributed by atoms with E-state index in [0.29, 0.717) is 5.41 Å². The maximum absolute atomic E-state index is 3.63. The van der Waals surface area contributed by atoms with Crippen LogP contribution in [0.25, 0.3) is 0 Å². The van der Waals surface area contributed by atoms with Gasteiger partial charge in [-0.15, -0.1) is 0 Å². The predicted molar refractivity (Wildman–Crippen MR) is 71.8 cm³/mol. The molecule has 2 nitrogen and oxygen atoms in total.